The Balaban J connectivity index is 0.00000128. The van der Waals surface area contributed by atoms with Crippen LogP contribution in [0.3, 0.4) is 0 Å². The molecule has 0 heterocycles. The maximum absolute atomic E-state index is 2.27. The number of hydrogen-bond donors (Lipinski definition) is 1. The molecule has 0 aromatic heterocycles. The minimum absolute atomic E-state index is 0. The minimum atomic E-state index is -0.149. The highest BCUT2D eigenvalue weighted by atomic mass is 35.5. The fourth-order valence-corrected chi connectivity index (χ4v) is 3.82. The Bertz CT molecular complexity index is 360. The van der Waals surface area contributed by atoms with Crippen LogP contribution < -0.4 is 0 Å². The molecule has 0 saturated carbocycles. The van der Waals surface area contributed by atoms with Gasteiger partial charge in [0.25, 0.3) is 0 Å². The molecule has 16 heavy (non-hydrogen) atoms. The van der Waals surface area contributed by atoms with Crippen LogP contribution >= 0.6 is 23.3 Å². The predicted molar refractivity (Wildman–Crippen MR) is 76.2 cm³/mol. The van der Waals surface area contributed by atoms with E-state index in [0.717, 1.165) is 0 Å². The average Bonchev–Trinajstić information content (AvgIpc) is 2.33. The lowest BCUT2D eigenvalue weighted by Gasteiger charge is -2.20. The van der Waals surface area contributed by atoms with E-state index >= 15 is 0 Å². The van der Waals surface area contributed by atoms with E-state index in [9.17, 15) is 0 Å². The van der Waals surface area contributed by atoms with Gasteiger partial charge in [0.2, 0.25) is 0 Å². The molecule has 2 rings (SSSR count). The molecule has 0 aliphatic rings. The highest BCUT2D eigenvalue weighted by molar-refractivity contribution is 8.17. The van der Waals surface area contributed by atoms with Crippen molar-refractivity contribution in [1.82, 2.24) is 0 Å². The summed E-state index contributed by atoms with van der Waals surface area (Å²) in [6, 6.07) is 21.6. The maximum atomic E-state index is 2.27. The molecule has 2 heteroatoms. The van der Waals surface area contributed by atoms with Crippen molar-refractivity contribution < 1.29 is 0 Å². The molecule has 0 saturated heterocycles. The van der Waals surface area contributed by atoms with Crippen LogP contribution in [0.4, 0.5) is 0 Å². The maximum Gasteiger partial charge on any atom is -0.00856 e. The summed E-state index contributed by atoms with van der Waals surface area (Å²) in [6.45, 7) is 2.27. The first-order valence-corrected chi connectivity index (χ1v) is 6.82. The number of halogens is 1. The fraction of sp³-hybridized carbons (Fsp3) is 0.143. The van der Waals surface area contributed by atoms with Crippen molar-refractivity contribution in [1.29, 1.82) is 0 Å². The topological polar surface area (TPSA) is 0 Å². The average molecular weight is 253 g/mol. The third-order valence-electron chi connectivity index (χ3n) is 2.45. The largest absolute Gasteiger partial charge is 0.200 e. The van der Waals surface area contributed by atoms with Crippen molar-refractivity contribution >= 4 is 23.3 Å². The molecule has 0 aliphatic heterocycles. The molecule has 0 amide bonds. The fourth-order valence-electron chi connectivity index (χ4n) is 1.73. The molecule has 2 aromatic carbocycles. The standard InChI is InChI=1S/C14H16S.ClH/c1-2-15(13-9-5-3-6-10-13)14-11-7-4-8-12-14;/h3-12,15H,2H2,1H3;1H. The second-order valence-corrected chi connectivity index (χ2v) is 5.94. The Morgan fingerprint density at radius 1 is 0.750 bits per heavy atom. The second kappa shape index (κ2) is 6.62. The molecule has 0 spiro atoms. The first-order valence-electron chi connectivity index (χ1n) is 5.29. The third-order valence-corrected chi connectivity index (χ3v) is 4.93. The lowest BCUT2D eigenvalue weighted by atomic mass is 10.4. The molecule has 0 aliphatic carbocycles. The summed E-state index contributed by atoms with van der Waals surface area (Å²) >= 11 is 0. The molecule has 0 fully saturated rings. The lowest BCUT2D eigenvalue weighted by Crippen LogP contribution is -1.87. The Morgan fingerprint density at radius 3 is 1.44 bits per heavy atom. The van der Waals surface area contributed by atoms with Crippen molar-refractivity contribution in [2.45, 2.75) is 16.7 Å². The number of hydrogen-bond acceptors (Lipinski definition) is 0. The van der Waals surface area contributed by atoms with Crippen LogP contribution in [0, 0.1) is 0 Å². The Hall–Kier alpha value is -0.920. The van der Waals surface area contributed by atoms with Crippen molar-refractivity contribution in [3.8, 4) is 0 Å². The van der Waals surface area contributed by atoms with Crippen molar-refractivity contribution in [3.63, 3.8) is 0 Å². The summed E-state index contributed by atoms with van der Waals surface area (Å²) in [4.78, 5) is 2.95. The zero-order valence-electron chi connectivity index (χ0n) is 9.34. The van der Waals surface area contributed by atoms with Crippen LogP contribution in [0.1, 0.15) is 6.92 Å². The SMILES string of the molecule is CC[SH](c1ccccc1)c1ccccc1.Cl. The Kier molecular flexibility index (Phi) is 5.44. The molecular formula is C14H17ClS. The van der Waals surface area contributed by atoms with E-state index in [-0.39, 0.29) is 23.3 Å². The van der Waals surface area contributed by atoms with Gasteiger partial charge in [-0.3, -0.25) is 0 Å². The molecule has 0 atom stereocenters. The quantitative estimate of drug-likeness (QED) is 0.762. The first kappa shape index (κ1) is 13.1. The van der Waals surface area contributed by atoms with Gasteiger partial charge in [0, 0.05) is 0 Å². The monoisotopic (exact) mass is 252 g/mol. The third kappa shape index (κ3) is 3.03. The van der Waals surface area contributed by atoms with Gasteiger partial charge in [-0.1, -0.05) is 67.6 Å². The van der Waals surface area contributed by atoms with Crippen LogP contribution in [-0.2, 0) is 0 Å². The lowest BCUT2D eigenvalue weighted by molar-refractivity contribution is 1.34. The van der Waals surface area contributed by atoms with E-state index in [1.54, 1.807) is 0 Å². The van der Waals surface area contributed by atoms with Crippen LogP contribution in [-0.4, -0.2) is 5.75 Å². The highest BCUT2D eigenvalue weighted by Gasteiger charge is 2.05. The van der Waals surface area contributed by atoms with Gasteiger partial charge in [-0.05, 0) is 15.5 Å². The van der Waals surface area contributed by atoms with E-state index in [4.69, 9.17) is 0 Å². The van der Waals surface area contributed by atoms with Gasteiger partial charge in [-0.2, -0.15) is 0 Å². The van der Waals surface area contributed by atoms with Crippen LogP contribution in [0.15, 0.2) is 70.5 Å². The number of benzene rings is 2. The number of thiol groups is 1. The van der Waals surface area contributed by atoms with Crippen LogP contribution in [0.2, 0.25) is 0 Å². The van der Waals surface area contributed by atoms with Crippen LogP contribution in [0.5, 0.6) is 0 Å². The summed E-state index contributed by atoms with van der Waals surface area (Å²) in [5, 5.41) is 0. The van der Waals surface area contributed by atoms with Crippen molar-refractivity contribution in [2.24, 2.45) is 0 Å². The van der Waals surface area contributed by atoms with E-state index in [0.29, 0.717) is 0 Å². The van der Waals surface area contributed by atoms with Gasteiger partial charge in [-0.25, -0.2) is 10.9 Å². The summed E-state index contributed by atoms with van der Waals surface area (Å²) in [6.07, 6.45) is 0. The smallest absolute Gasteiger partial charge is 0.00856 e. The molecule has 0 unspecified atom stereocenters. The summed E-state index contributed by atoms with van der Waals surface area (Å²) in [7, 11) is -0.149. The molecule has 2 aromatic rings. The van der Waals surface area contributed by atoms with Gasteiger partial charge < -0.3 is 0 Å². The summed E-state index contributed by atoms with van der Waals surface area (Å²) < 4.78 is 0. The van der Waals surface area contributed by atoms with E-state index in [2.05, 4.69) is 67.6 Å². The molecule has 0 nitrogen and oxygen atoms in total. The zero-order chi connectivity index (χ0) is 10.5. The van der Waals surface area contributed by atoms with Gasteiger partial charge >= 0.3 is 0 Å². The highest BCUT2D eigenvalue weighted by Crippen LogP contribution is 2.43. The van der Waals surface area contributed by atoms with Gasteiger partial charge in [0.15, 0.2) is 0 Å². The van der Waals surface area contributed by atoms with Gasteiger partial charge in [0.05, 0.1) is 0 Å². The number of rotatable bonds is 3. The molecule has 0 radical (unpaired) electrons. The molecule has 86 valence electrons. The summed E-state index contributed by atoms with van der Waals surface area (Å²) in [5.41, 5.74) is 0. The van der Waals surface area contributed by atoms with Gasteiger partial charge in [-0.15, -0.1) is 12.4 Å². The first-order chi connectivity index (χ1) is 7.42. The van der Waals surface area contributed by atoms with Crippen molar-refractivity contribution in [2.75, 3.05) is 5.75 Å². The molecule has 0 bridgehead atoms. The zero-order valence-corrected chi connectivity index (χ0v) is 11.0. The van der Waals surface area contributed by atoms with Crippen LogP contribution in [0.25, 0.3) is 0 Å². The normalized spacial score (nSPS) is 10.4. The van der Waals surface area contributed by atoms with E-state index in [1.807, 2.05) is 0 Å². The van der Waals surface area contributed by atoms with Crippen molar-refractivity contribution in [3.05, 3.63) is 60.7 Å². The second-order valence-electron chi connectivity index (χ2n) is 3.42. The molecular weight excluding hydrogens is 236 g/mol. The predicted octanol–water partition coefficient (Wildman–Crippen LogP) is 4.55. The van der Waals surface area contributed by atoms with Gasteiger partial charge in [0.1, 0.15) is 0 Å². The molecule has 0 N–H and O–H groups in total. The van der Waals surface area contributed by atoms with E-state index in [1.165, 1.54) is 15.5 Å². The van der Waals surface area contributed by atoms with E-state index < -0.39 is 0 Å². The Morgan fingerprint density at radius 2 is 1.12 bits per heavy atom. The minimum Gasteiger partial charge on any atom is -0.200 e. The summed E-state index contributed by atoms with van der Waals surface area (Å²) in [5.74, 6) is 1.21. The Labute approximate surface area is 106 Å².